The second kappa shape index (κ2) is 6.62. The average Bonchev–Trinajstić information content (AvgIpc) is 3.01. The van der Waals surface area contributed by atoms with Gasteiger partial charge < -0.3 is 4.74 Å². The molecule has 0 unspecified atom stereocenters. The Morgan fingerprint density at radius 2 is 2.00 bits per heavy atom. The molecule has 0 atom stereocenters. The summed E-state index contributed by atoms with van der Waals surface area (Å²) < 4.78 is 47.2. The van der Waals surface area contributed by atoms with E-state index in [-0.39, 0.29) is 17.8 Å². The highest BCUT2D eigenvalue weighted by Crippen LogP contribution is 2.29. The molecular weight excluding hydrogens is 347 g/mol. The van der Waals surface area contributed by atoms with Crippen LogP contribution in [0.15, 0.2) is 31.1 Å². The molecule has 5 nitrogen and oxygen atoms in total. The van der Waals surface area contributed by atoms with E-state index in [1.165, 1.54) is 12.4 Å². The normalized spacial score (nSPS) is 11.0. The molecular formula is C18H14F3N3O2. The molecule has 3 aromatic rings. The summed E-state index contributed by atoms with van der Waals surface area (Å²) in [6, 6.07) is 1.25. The van der Waals surface area contributed by atoms with Gasteiger partial charge in [-0.25, -0.2) is 27.6 Å². The summed E-state index contributed by atoms with van der Waals surface area (Å²) in [5.74, 6) is -4.14. The maximum Gasteiger partial charge on any atom is 0.340 e. The summed E-state index contributed by atoms with van der Waals surface area (Å²) in [6.07, 6.45) is 2.58. The summed E-state index contributed by atoms with van der Waals surface area (Å²) in [5, 5.41) is 4.37. The van der Waals surface area contributed by atoms with Crippen LogP contribution < -0.4 is 0 Å². The molecule has 0 fully saturated rings. The van der Waals surface area contributed by atoms with Crippen molar-refractivity contribution in [2.75, 3.05) is 6.61 Å². The van der Waals surface area contributed by atoms with E-state index in [0.29, 0.717) is 22.6 Å². The number of pyridine rings is 1. The van der Waals surface area contributed by atoms with Crippen LogP contribution in [0.2, 0.25) is 0 Å². The van der Waals surface area contributed by atoms with E-state index in [2.05, 4.69) is 16.7 Å². The summed E-state index contributed by atoms with van der Waals surface area (Å²) in [6.45, 7) is 7.37. The Labute approximate surface area is 146 Å². The molecule has 0 saturated heterocycles. The van der Waals surface area contributed by atoms with E-state index in [9.17, 15) is 18.0 Å². The Kier molecular flexibility index (Phi) is 4.50. The van der Waals surface area contributed by atoms with Crippen LogP contribution in [0.1, 0.15) is 29.8 Å². The number of aromatic nitrogens is 3. The van der Waals surface area contributed by atoms with E-state index in [4.69, 9.17) is 4.74 Å². The number of nitrogens with zero attached hydrogens (tertiary/aromatic N) is 3. The topological polar surface area (TPSA) is 57.0 Å². The van der Waals surface area contributed by atoms with Gasteiger partial charge >= 0.3 is 5.97 Å². The van der Waals surface area contributed by atoms with Crippen molar-refractivity contribution in [2.24, 2.45) is 0 Å². The van der Waals surface area contributed by atoms with Crippen molar-refractivity contribution < 1.29 is 22.7 Å². The van der Waals surface area contributed by atoms with Crippen molar-refractivity contribution in [1.29, 1.82) is 0 Å². The molecule has 0 aliphatic rings. The second-order valence-electron chi connectivity index (χ2n) is 5.56. The zero-order chi connectivity index (χ0) is 19.0. The fraction of sp³-hybridized carbons (Fsp3) is 0.167. The minimum atomic E-state index is -1.34. The van der Waals surface area contributed by atoms with Gasteiger partial charge in [-0.05, 0) is 19.4 Å². The van der Waals surface area contributed by atoms with E-state index in [1.54, 1.807) is 13.8 Å². The van der Waals surface area contributed by atoms with Gasteiger partial charge in [0.15, 0.2) is 17.3 Å². The Balaban J connectivity index is 2.29. The predicted molar refractivity (Wildman–Crippen MR) is 89.4 cm³/mol. The first kappa shape index (κ1) is 17.7. The number of rotatable bonds is 4. The molecule has 0 aliphatic carbocycles. The molecule has 0 bridgehead atoms. The standard InChI is InChI=1S/C18H14F3N3O2/c1-4-26-18(25)12-7-22-17-11(15(12)9(2)3)8-23-24(17)14-6-10(19)5-13(20)16(14)21/h5-8H,2,4H2,1,3H3. The third kappa shape index (κ3) is 2.83. The SMILES string of the molecule is C=C(C)c1c(C(=O)OCC)cnc2c1cnn2-c1cc(F)cc(F)c1F. The third-order valence-corrected chi connectivity index (χ3v) is 3.72. The molecule has 0 spiro atoms. The van der Waals surface area contributed by atoms with Gasteiger partial charge in [0.05, 0.1) is 18.4 Å². The lowest BCUT2D eigenvalue weighted by Crippen LogP contribution is -2.09. The first-order chi connectivity index (χ1) is 12.3. The first-order valence-electron chi connectivity index (χ1n) is 7.69. The van der Waals surface area contributed by atoms with Gasteiger partial charge in [0.2, 0.25) is 0 Å². The Morgan fingerprint density at radius 1 is 1.27 bits per heavy atom. The fourth-order valence-electron chi connectivity index (χ4n) is 2.67. The number of carbonyl (C=O) groups is 1. The van der Waals surface area contributed by atoms with Gasteiger partial charge in [0.25, 0.3) is 0 Å². The minimum Gasteiger partial charge on any atom is -0.462 e. The third-order valence-electron chi connectivity index (χ3n) is 3.72. The van der Waals surface area contributed by atoms with Gasteiger partial charge in [-0.15, -0.1) is 0 Å². The molecule has 26 heavy (non-hydrogen) atoms. The maximum absolute atomic E-state index is 14.1. The van der Waals surface area contributed by atoms with Crippen LogP contribution in [0.3, 0.4) is 0 Å². The van der Waals surface area contributed by atoms with Crippen LogP contribution in [0.5, 0.6) is 0 Å². The molecule has 0 amide bonds. The lowest BCUT2D eigenvalue weighted by molar-refractivity contribution is 0.0525. The highest BCUT2D eigenvalue weighted by molar-refractivity contribution is 6.02. The zero-order valence-electron chi connectivity index (χ0n) is 14.0. The molecule has 2 aromatic heterocycles. The van der Waals surface area contributed by atoms with Crippen LogP contribution in [0.4, 0.5) is 13.2 Å². The lowest BCUT2D eigenvalue weighted by Gasteiger charge is -2.10. The molecule has 2 heterocycles. The molecule has 1 aromatic carbocycles. The predicted octanol–water partition coefficient (Wildman–Crippen LogP) is 4.05. The number of allylic oxidation sites excluding steroid dienone is 1. The van der Waals surface area contributed by atoms with Gasteiger partial charge in [0, 0.05) is 29.3 Å². The van der Waals surface area contributed by atoms with E-state index in [0.717, 1.165) is 10.7 Å². The Bertz CT molecular complexity index is 1040. The number of hydrogen-bond acceptors (Lipinski definition) is 4. The molecule has 0 N–H and O–H groups in total. The average molecular weight is 361 g/mol. The quantitative estimate of drug-likeness (QED) is 0.520. The smallest absolute Gasteiger partial charge is 0.340 e. The van der Waals surface area contributed by atoms with Crippen LogP contribution in [0, 0.1) is 17.5 Å². The van der Waals surface area contributed by atoms with Crippen LogP contribution in [-0.2, 0) is 4.74 Å². The highest BCUT2D eigenvalue weighted by atomic mass is 19.2. The van der Waals surface area contributed by atoms with Crippen molar-refractivity contribution in [1.82, 2.24) is 14.8 Å². The van der Waals surface area contributed by atoms with Gasteiger partial charge in [-0.1, -0.05) is 6.58 Å². The zero-order valence-corrected chi connectivity index (χ0v) is 14.0. The molecule has 0 aliphatic heterocycles. The number of hydrogen-bond donors (Lipinski definition) is 0. The van der Waals surface area contributed by atoms with Crippen molar-refractivity contribution in [3.63, 3.8) is 0 Å². The molecule has 0 saturated carbocycles. The van der Waals surface area contributed by atoms with E-state index in [1.807, 2.05) is 0 Å². The number of ether oxygens (including phenoxy) is 1. The molecule has 8 heteroatoms. The number of fused-ring (bicyclic) bond motifs is 1. The largest absolute Gasteiger partial charge is 0.462 e. The van der Waals surface area contributed by atoms with Gasteiger partial charge in [0.1, 0.15) is 11.5 Å². The summed E-state index contributed by atoms with van der Waals surface area (Å²) in [4.78, 5) is 16.3. The summed E-state index contributed by atoms with van der Waals surface area (Å²) >= 11 is 0. The van der Waals surface area contributed by atoms with Crippen molar-refractivity contribution in [2.45, 2.75) is 13.8 Å². The van der Waals surface area contributed by atoms with Crippen LogP contribution in [-0.4, -0.2) is 27.3 Å². The van der Waals surface area contributed by atoms with Gasteiger partial charge in [-0.3, -0.25) is 0 Å². The van der Waals surface area contributed by atoms with Crippen molar-refractivity contribution >= 4 is 22.6 Å². The second-order valence-corrected chi connectivity index (χ2v) is 5.56. The number of esters is 1. The lowest BCUT2D eigenvalue weighted by atomic mass is 10.0. The maximum atomic E-state index is 14.1. The number of benzene rings is 1. The first-order valence-corrected chi connectivity index (χ1v) is 7.69. The molecule has 134 valence electrons. The minimum absolute atomic E-state index is 0.125. The Hall–Kier alpha value is -3.16. The summed E-state index contributed by atoms with van der Waals surface area (Å²) in [5.41, 5.74) is 0.835. The van der Waals surface area contributed by atoms with Crippen molar-refractivity contribution in [3.8, 4) is 5.69 Å². The van der Waals surface area contributed by atoms with Crippen LogP contribution in [0.25, 0.3) is 22.3 Å². The Morgan fingerprint density at radius 3 is 2.65 bits per heavy atom. The molecule has 0 radical (unpaired) electrons. The van der Waals surface area contributed by atoms with Crippen molar-refractivity contribution in [3.05, 3.63) is 59.7 Å². The number of halogens is 3. The van der Waals surface area contributed by atoms with E-state index < -0.39 is 29.1 Å². The highest BCUT2D eigenvalue weighted by Gasteiger charge is 2.22. The summed E-state index contributed by atoms with van der Waals surface area (Å²) in [7, 11) is 0. The number of carbonyl (C=O) groups excluding carboxylic acids is 1. The monoisotopic (exact) mass is 361 g/mol. The van der Waals surface area contributed by atoms with Gasteiger partial charge in [-0.2, -0.15) is 5.10 Å². The fourth-order valence-corrected chi connectivity index (χ4v) is 2.67. The van der Waals surface area contributed by atoms with E-state index >= 15 is 0 Å². The molecule has 3 rings (SSSR count). The van der Waals surface area contributed by atoms with Crippen LogP contribution >= 0.6 is 0 Å².